The summed E-state index contributed by atoms with van der Waals surface area (Å²) in [5.74, 6) is 0. The monoisotopic (exact) mass is 320 g/mol. The van der Waals surface area contributed by atoms with E-state index < -0.39 is 8.32 Å². The Morgan fingerprint density at radius 1 is 1.27 bits per heavy atom. The van der Waals surface area contributed by atoms with E-state index in [1.165, 1.54) is 6.07 Å². The van der Waals surface area contributed by atoms with Crippen LogP contribution in [0.3, 0.4) is 0 Å². The van der Waals surface area contributed by atoms with Gasteiger partial charge in [-0.3, -0.25) is 10.1 Å². The van der Waals surface area contributed by atoms with Gasteiger partial charge in [-0.25, -0.2) is 0 Å². The average Bonchev–Trinajstić information content (AvgIpc) is 2.78. The maximum absolute atomic E-state index is 10.8. The Hall–Kier alpha value is -1.66. The van der Waals surface area contributed by atoms with Gasteiger partial charge in [0.05, 0.1) is 10.4 Å². The van der Waals surface area contributed by atoms with E-state index in [2.05, 4.69) is 38.8 Å². The van der Waals surface area contributed by atoms with Gasteiger partial charge in [0.2, 0.25) is 0 Å². The number of non-ortho nitro benzene ring substituents is 1. The van der Waals surface area contributed by atoms with Gasteiger partial charge in [0.1, 0.15) is 0 Å². The van der Waals surface area contributed by atoms with Crippen LogP contribution in [0, 0.1) is 10.1 Å². The normalized spacial score (nSPS) is 12.8. The molecular formula is C16H24N2O3Si. The lowest BCUT2D eigenvalue weighted by atomic mass is 10.2. The number of rotatable bonds is 5. The number of nitro benzene ring substituents is 1. The maximum atomic E-state index is 10.8. The fourth-order valence-electron chi connectivity index (χ4n) is 2.06. The molecule has 0 aliphatic heterocycles. The molecule has 0 amide bonds. The van der Waals surface area contributed by atoms with Crippen LogP contribution in [0.5, 0.6) is 0 Å². The van der Waals surface area contributed by atoms with Gasteiger partial charge in [-0.1, -0.05) is 20.8 Å². The van der Waals surface area contributed by atoms with Crippen molar-refractivity contribution in [2.45, 2.75) is 45.3 Å². The Kier molecular flexibility index (Phi) is 4.44. The van der Waals surface area contributed by atoms with E-state index >= 15 is 0 Å². The summed E-state index contributed by atoms with van der Waals surface area (Å²) in [4.78, 5) is 13.7. The van der Waals surface area contributed by atoms with Crippen molar-refractivity contribution in [2.24, 2.45) is 0 Å². The quantitative estimate of drug-likeness (QED) is 0.495. The van der Waals surface area contributed by atoms with E-state index in [1.807, 2.05) is 6.07 Å². The van der Waals surface area contributed by atoms with Crippen LogP contribution >= 0.6 is 0 Å². The van der Waals surface area contributed by atoms with Crippen LogP contribution in [0.4, 0.5) is 5.69 Å². The van der Waals surface area contributed by atoms with E-state index in [0.717, 1.165) is 23.0 Å². The number of fused-ring (bicyclic) bond motifs is 1. The first kappa shape index (κ1) is 16.7. The number of H-pyrrole nitrogens is 1. The third-order valence-electron chi connectivity index (χ3n) is 4.51. The van der Waals surface area contributed by atoms with Crippen LogP contribution in [0.2, 0.25) is 18.1 Å². The van der Waals surface area contributed by atoms with Crippen molar-refractivity contribution in [1.82, 2.24) is 4.98 Å². The summed E-state index contributed by atoms with van der Waals surface area (Å²) in [6.07, 6.45) is 0.787. The molecule has 0 aliphatic carbocycles. The molecule has 6 heteroatoms. The number of nitro groups is 1. The van der Waals surface area contributed by atoms with Gasteiger partial charge < -0.3 is 9.41 Å². The molecule has 0 unspecified atom stereocenters. The summed E-state index contributed by atoms with van der Waals surface area (Å²) >= 11 is 0. The summed E-state index contributed by atoms with van der Waals surface area (Å²) in [6.45, 7) is 11.8. The molecule has 1 heterocycles. The molecule has 120 valence electrons. The van der Waals surface area contributed by atoms with Crippen LogP contribution in [0.1, 0.15) is 26.5 Å². The molecule has 1 aromatic heterocycles. The second-order valence-electron chi connectivity index (χ2n) is 7.18. The molecule has 0 atom stereocenters. The minimum Gasteiger partial charge on any atom is -0.416 e. The highest BCUT2D eigenvalue weighted by atomic mass is 28.4. The Morgan fingerprint density at radius 3 is 2.55 bits per heavy atom. The molecule has 0 radical (unpaired) electrons. The van der Waals surface area contributed by atoms with Crippen molar-refractivity contribution >= 4 is 24.9 Å². The first-order chi connectivity index (χ1) is 10.1. The fraction of sp³-hybridized carbons (Fsp3) is 0.500. The molecule has 0 fully saturated rings. The van der Waals surface area contributed by atoms with Crippen LogP contribution < -0.4 is 0 Å². The lowest BCUT2D eigenvalue weighted by Crippen LogP contribution is -2.41. The minimum absolute atomic E-state index is 0.110. The van der Waals surface area contributed by atoms with E-state index in [-0.39, 0.29) is 15.6 Å². The van der Waals surface area contributed by atoms with Crippen molar-refractivity contribution in [1.29, 1.82) is 0 Å². The van der Waals surface area contributed by atoms with Crippen molar-refractivity contribution in [2.75, 3.05) is 6.61 Å². The number of aromatic nitrogens is 1. The zero-order chi connectivity index (χ0) is 16.5. The lowest BCUT2D eigenvalue weighted by Gasteiger charge is -2.36. The highest BCUT2D eigenvalue weighted by molar-refractivity contribution is 6.74. The van der Waals surface area contributed by atoms with Crippen LogP contribution in [0.15, 0.2) is 24.3 Å². The number of benzene rings is 1. The van der Waals surface area contributed by atoms with Crippen LogP contribution in [-0.4, -0.2) is 24.8 Å². The minimum atomic E-state index is -1.72. The number of hydrogen-bond acceptors (Lipinski definition) is 3. The second-order valence-corrected chi connectivity index (χ2v) is 12.0. The number of hydrogen-bond donors (Lipinski definition) is 1. The zero-order valence-electron chi connectivity index (χ0n) is 13.9. The second kappa shape index (κ2) is 5.85. The zero-order valence-corrected chi connectivity index (χ0v) is 14.9. The third kappa shape index (κ3) is 3.56. The molecule has 1 N–H and O–H groups in total. The smallest absolute Gasteiger partial charge is 0.271 e. The SMILES string of the molecule is CC(C)(C)[Si](C)(C)OCCc1cc2ccc([N+](=O)[O-])cc2[nH]1. The van der Waals surface area contributed by atoms with Crippen molar-refractivity contribution in [3.05, 3.63) is 40.1 Å². The summed E-state index contributed by atoms with van der Waals surface area (Å²) in [7, 11) is -1.72. The van der Waals surface area contributed by atoms with Gasteiger partial charge in [0, 0.05) is 36.2 Å². The number of nitrogens with zero attached hydrogens (tertiary/aromatic N) is 1. The highest BCUT2D eigenvalue weighted by Gasteiger charge is 2.36. The Bertz CT molecular complexity index is 686. The standard InChI is InChI=1S/C16H24N2O3Si/c1-16(2,3)22(4,5)21-9-8-13-10-12-6-7-14(18(19)20)11-15(12)17-13/h6-7,10-11,17H,8-9H2,1-5H3. The van der Waals surface area contributed by atoms with E-state index in [9.17, 15) is 10.1 Å². The molecule has 0 bridgehead atoms. The average molecular weight is 320 g/mol. The van der Waals surface area contributed by atoms with Gasteiger partial charge in [0.15, 0.2) is 8.32 Å². The molecule has 0 saturated carbocycles. The molecule has 0 aliphatic rings. The van der Waals surface area contributed by atoms with Gasteiger partial charge in [-0.15, -0.1) is 0 Å². The lowest BCUT2D eigenvalue weighted by molar-refractivity contribution is -0.384. The van der Waals surface area contributed by atoms with Gasteiger partial charge >= 0.3 is 0 Å². The predicted octanol–water partition coefficient (Wildman–Crippen LogP) is 4.64. The molecule has 1 aromatic carbocycles. The summed E-state index contributed by atoms with van der Waals surface area (Å²) in [5, 5.41) is 12.0. The van der Waals surface area contributed by atoms with Gasteiger partial charge in [-0.2, -0.15) is 0 Å². The molecular weight excluding hydrogens is 296 g/mol. The van der Waals surface area contributed by atoms with Crippen LogP contribution in [0.25, 0.3) is 10.9 Å². The highest BCUT2D eigenvalue weighted by Crippen LogP contribution is 2.36. The van der Waals surface area contributed by atoms with Gasteiger partial charge in [0.25, 0.3) is 5.69 Å². The molecule has 22 heavy (non-hydrogen) atoms. The molecule has 2 rings (SSSR count). The first-order valence-electron chi connectivity index (χ1n) is 7.50. The van der Waals surface area contributed by atoms with E-state index in [1.54, 1.807) is 12.1 Å². The van der Waals surface area contributed by atoms with Crippen molar-refractivity contribution < 1.29 is 9.35 Å². The maximum Gasteiger partial charge on any atom is 0.271 e. The Labute approximate surface area is 132 Å². The van der Waals surface area contributed by atoms with Crippen molar-refractivity contribution in [3.8, 4) is 0 Å². The first-order valence-corrected chi connectivity index (χ1v) is 10.4. The number of aromatic amines is 1. The topological polar surface area (TPSA) is 68.2 Å². The molecule has 5 nitrogen and oxygen atoms in total. The summed E-state index contributed by atoms with van der Waals surface area (Å²) in [6, 6.07) is 6.93. The predicted molar refractivity (Wildman–Crippen MR) is 91.8 cm³/mol. The number of nitrogens with one attached hydrogen (secondary N) is 1. The largest absolute Gasteiger partial charge is 0.416 e. The Morgan fingerprint density at radius 2 is 1.95 bits per heavy atom. The molecule has 0 saturated heterocycles. The van der Waals surface area contributed by atoms with E-state index in [4.69, 9.17) is 4.43 Å². The van der Waals surface area contributed by atoms with Crippen LogP contribution in [-0.2, 0) is 10.8 Å². The van der Waals surface area contributed by atoms with Crippen molar-refractivity contribution in [3.63, 3.8) is 0 Å². The fourth-order valence-corrected chi connectivity index (χ4v) is 3.10. The molecule has 2 aromatic rings. The summed E-state index contributed by atoms with van der Waals surface area (Å²) in [5.41, 5.74) is 1.96. The van der Waals surface area contributed by atoms with E-state index in [0.29, 0.717) is 6.61 Å². The molecule has 0 spiro atoms. The Balaban J connectivity index is 2.05. The third-order valence-corrected chi connectivity index (χ3v) is 9.05. The summed E-state index contributed by atoms with van der Waals surface area (Å²) < 4.78 is 6.17. The van der Waals surface area contributed by atoms with Gasteiger partial charge in [-0.05, 0) is 30.3 Å².